The van der Waals surface area contributed by atoms with Crippen LogP contribution in [0.25, 0.3) is 0 Å². The van der Waals surface area contributed by atoms with Gasteiger partial charge in [0.2, 0.25) is 0 Å². The molecule has 5 heteroatoms. The predicted octanol–water partition coefficient (Wildman–Crippen LogP) is 2.17. The van der Waals surface area contributed by atoms with Crippen molar-refractivity contribution in [2.75, 3.05) is 38.8 Å². The molecule has 0 aromatic heterocycles. The highest BCUT2D eigenvalue weighted by Crippen LogP contribution is 2.28. The molecule has 0 bridgehead atoms. The summed E-state index contributed by atoms with van der Waals surface area (Å²) in [6.07, 6.45) is 0.930. The summed E-state index contributed by atoms with van der Waals surface area (Å²) in [5.74, 6) is 0.128. The van der Waals surface area contributed by atoms with Gasteiger partial charge in [0.05, 0.1) is 18.5 Å². The average Bonchev–Trinajstić information content (AvgIpc) is 2.30. The highest BCUT2D eigenvalue weighted by atomic mass is 19.1. The lowest BCUT2D eigenvalue weighted by atomic mass is 10.2. The zero-order valence-corrected chi connectivity index (χ0v) is 11.5. The van der Waals surface area contributed by atoms with Crippen molar-refractivity contribution in [1.82, 2.24) is 4.90 Å². The molecule has 4 nitrogen and oxygen atoms in total. The minimum Gasteiger partial charge on any atom is -0.495 e. The van der Waals surface area contributed by atoms with Crippen LogP contribution in [-0.4, -0.2) is 38.7 Å². The van der Waals surface area contributed by atoms with Gasteiger partial charge in [0.15, 0.2) is 0 Å². The van der Waals surface area contributed by atoms with E-state index in [4.69, 9.17) is 10.5 Å². The molecular weight excluding hydrogens is 233 g/mol. The van der Waals surface area contributed by atoms with Crippen molar-refractivity contribution in [3.05, 3.63) is 17.9 Å². The van der Waals surface area contributed by atoms with Crippen molar-refractivity contribution >= 4 is 11.4 Å². The summed E-state index contributed by atoms with van der Waals surface area (Å²) in [6.45, 7) is 2.97. The van der Waals surface area contributed by atoms with Crippen molar-refractivity contribution in [3.63, 3.8) is 0 Å². The first-order valence-electron chi connectivity index (χ1n) is 5.98. The van der Waals surface area contributed by atoms with Gasteiger partial charge in [-0.25, -0.2) is 4.39 Å². The first-order valence-corrected chi connectivity index (χ1v) is 5.98. The van der Waals surface area contributed by atoms with Crippen LogP contribution in [0, 0.1) is 5.82 Å². The van der Waals surface area contributed by atoms with Crippen LogP contribution in [-0.2, 0) is 0 Å². The number of benzene rings is 1. The summed E-state index contributed by atoms with van der Waals surface area (Å²) in [7, 11) is 5.54. The summed E-state index contributed by atoms with van der Waals surface area (Å²) in [4.78, 5) is 2.10. The SMILES string of the molecule is COc1cc(NC(C)CCN(C)C)c(F)cc1N. The minimum absolute atomic E-state index is 0.176. The molecule has 1 atom stereocenters. The summed E-state index contributed by atoms with van der Waals surface area (Å²) in [5, 5.41) is 3.13. The van der Waals surface area contributed by atoms with Crippen LogP contribution < -0.4 is 15.8 Å². The molecule has 0 aliphatic rings. The quantitative estimate of drug-likeness (QED) is 0.765. The second-order valence-corrected chi connectivity index (χ2v) is 4.71. The first-order chi connectivity index (χ1) is 8.43. The molecule has 1 aromatic carbocycles. The zero-order valence-electron chi connectivity index (χ0n) is 11.5. The fourth-order valence-electron chi connectivity index (χ4n) is 1.65. The van der Waals surface area contributed by atoms with Crippen LogP contribution in [0.15, 0.2) is 12.1 Å². The van der Waals surface area contributed by atoms with Gasteiger partial charge in [-0.2, -0.15) is 0 Å². The van der Waals surface area contributed by atoms with Crippen LogP contribution in [0.5, 0.6) is 5.75 Å². The maximum absolute atomic E-state index is 13.7. The number of methoxy groups -OCH3 is 1. The number of anilines is 2. The van der Waals surface area contributed by atoms with E-state index in [0.29, 0.717) is 17.1 Å². The Hall–Kier alpha value is -1.49. The van der Waals surface area contributed by atoms with Gasteiger partial charge < -0.3 is 20.7 Å². The van der Waals surface area contributed by atoms with Crippen molar-refractivity contribution in [1.29, 1.82) is 0 Å². The maximum Gasteiger partial charge on any atom is 0.148 e. The molecule has 0 saturated heterocycles. The van der Waals surface area contributed by atoms with Crippen molar-refractivity contribution in [2.24, 2.45) is 0 Å². The Bertz CT molecular complexity index is 396. The molecule has 0 amide bonds. The lowest BCUT2D eigenvalue weighted by Crippen LogP contribution is -2.23. The van der Waals surface area contributed by atoms with Gasteiger partial charge in [0.1, 0.15) is 11.6 Å². The number of ether oxygens (including phenoxy) is 1. The molecule has 0 spiro atoms. The van der Waals surface area contributed by atoms with Crippen LogP contribution >= 0.6 is 0 Å². The van der Waals surface area contributed by atoms with Gasteiger partial charge in [-0.15, -0.1) is 0 Å². The number of nitrogens with zero attached hydrogens (tertiary/aromatic N) is 1. The molecule has 1 unspecified atom stereocenters. The van der Waals surface area contributed by atoms with E-state index in [-0.39, 0.29) is 11.9 Å². The van der Waals surface area contributed by atoms with Gasteiger partial charge in [0.25, 0.3) is 0 Å². The maximum atomic E-state index is 13.7. The lowest BCUT2D eigenvalue weighted by molar-refractivity contribution is 0.390. The summed E-state index contributed by atoms with van der Waals surface area (Å²) in [5.41, 5.74) is 6.36. The molecule has 0 aliphatic heterocycles. The minimum atomic E-state index is -0.356. The Labute approximate surface area is 108 Å². The molecule has 0 saturated carbocycles. The largest absolute Gasteiger partial charge is 0.495 e. The second kappa shape index (κ2) is 6.44. The Morgan fingerprint density at radius 3 is 2.67 bits per heavy atom. The Morgan fingerprint density at radius 2 is 2.11 bits per heavy atom. The van der Waals surface area contributed by atoms with Gasteiger partial charge >= 0.3 is 0 Å². The molecule has 3 N–H and O–H groups in total. The number of rotatable bonds is 6. The molecule has 0 aliphatic carbocycles. The fourth-order valence-corrected chi connectivity index (χ4v) is 1.65. The van der Waals surface area contributed by atoms with Crippen molar-refractivity contribution in [3.8, 4) is 5.75 Å². The highest BCUT2D eigenvalue weighted by molar-refractivity contribution is 5.62. The smallest absolute Gasteiger partial charge is 0.148 e. The normalized spacial score (nSPS) is 12.6. The Balaban J connectivity index is 2.71. The number of nitrogens with two attached hydrogens (primary N) is 1. The molecule has 18 heavy (non-hydrogen) atoms. The summed E-state index contributed by atoms with van der Waals surface area (Å²) < 4.78 is 18.8. The van der Waals surface area contributed by atoms with Gasteiger partial charge in [-0.3, -0.25) is 0 Å². The van der Waals surface area contributed by atoms with E-state index in [1.807, 2.05) is 21.0 Å². The fraction of sp³-hybridized carbons (Fsp3) is 0.538. The molecule has 0 fully saturated rings. The summed E-state index contributed by atoms with van der Waals surface area (Å²) >= 11 is 0. The molecule has 1 aromatic rings. The molecule has 0 radical (unpaired) electrons. The summed E-state index contributed by atoms with van der Waals surface area (Å²) in [6, 6.07) is 3.05. The second-order valence-electron chi connectivity index (χ2n) is 4.71. The van der Waals surface area contributed by atoms with Crippen LogP contribution in [0.1, 0.15) is 13.3 Å². The van der Waals surface area contributed by atoms with E-state index in [2.05, 4.69) is 10.2 Å². The first kappa shape index (κ1) is 14.6. The van der Waals surface area contributed by atoms with Gasteiger partial charge in [0, 0.05) is 18.2 Å². The molecular formula is C13H22FN3O. The number of hydrogen-bond donors (Lipinski definition) is 2. The zero-order chi connectivity index (χ0) is 13.7. The van der Waals surface area contributed by atoms with Crippen molar-refractivity contribution in [2.45, 2.75) is 19.4 Å². The topological polar surface area (TPSA) is 50.5 Å². The van der Waals surface area contributed by atoms with Crippen LogP contribution in [0.2, 0.25) is 0 Å². The monoisotopic (exact) mass is 255 g/mol. The van der Waals surface area contributed by atoms with Gasteiger partial charge in [-0.05, 0) is 34.0 Å². The standard InChI is InChI=1S/C13H22FN3O/c1-9(5-6-17(2)3)16-12-8-13(18-4)11(15)7-10(12)14/h7-9,16H,5-6,15H2,1-4H3. The highest BCUT2D eigenvalue weighted by Gasteiger charge is 2.11. The van der Waals surface area contributed by atoms with Crippen LogP contribution in [0.3, 0.4) is 0 Å². The third kappa shape index (κ3) is 4.07. The Morgan fingerprint density at radius 1 is 1.44 bits per heavy atom. The van der Waals surface area contributed by atoms with E-state index < -0.39 is 0 Å². The van der Waals surface area contributed by atoms with E-state index >= 15 is 0 Å². The van der Waals surface area contributed by atoms with E-state index in [1.54, 1.807) is 6.07 Å². The third-order valence-electron chi connectivity index (χ3n) is 2.73. The molecule has 1 rings (SSSR count). The Kier molecular flexibility index (Phi) is 5.22. The number of nitrogens with one attached hydrogen (secondary N) is 1. The molecule has 102 valence electrons. The third-order valence-corrected chi connectivity index (χ3v) is 2.73. The van der Waals surface area contributed by atoms with E-state index in [0.717, 1.165) is 13.0 Å². The predicted molar refractivity (Wildman–Crippen MR) is 73.6 cm³/mol. The van der Waals surface area contributed by atoms with E-state index in [9.17, 15) is 4.39 Å². The van der Waals surface area contributed by atoms with Crippen molar-refractivity contribution < 1.29 is 9.13 Å². The van der Waals surface area contributed by atoms with Gasteiger partial charge in [-0.1, -0.05) is 0 Å². The van der Waals surface area contributed by atoms with E-state index in [1.165, 1.54) is 13.2 Å². The lowest BCUT2D eigenvalue weighted by Gasteiger charge is -2.19. The average molecular weight is 255 g/mol. The van der Waals surface area contributed by atoms with Crippen LogP contribution in [0.4, 0.5) is 15.8 Å². The molecule has 0 heterocycles. The number of nitrogen functional groups attached to an aromatic ring is 1. The number of hydrogen-bond acceptors (Lipinski definition) is 4. The number of halogens is 1.